The third kappa shape index (κ3) is 4.56. The fourth-order valence-electron chi connectivity index (χ4n) is 1.96. The van der Waals surface area contributed by atoms with Crippen molar-refractivity contribution in [2.75, 3.05) is 19.3 Å². The van der Waals surface area contributed by atoms with E-state index in [0.29, 0.717) is 25.2 Å². The summed E-state index contributed by atoms with van der Waals surface area (Å²) in [5.41, 5.74) is 0.244. The van der Waals surface area contributed by atoms with Crippen LogP contribution in [-0.2, 0) is 10.0 Å². The third-order valence-electron chi connectivity index (χ3n) is 3.71. The third-order valence-corrected chi connectivity index (χ3v) is 5.01. The molecule has 0 aromatic carbocycles. The van der Waals surface area contributed by atoms with Gasteiger partial charge >= 0.3 is 0 Å². The van der Waals surface area contributed by atoms with Crippen LogP contribution in [0.2, 0.25) is 0 Å². The molecule has 0 spiro atoms. The molecule has 0 aliphatic carbocycles. The number of piperidine rings is 1. The Morgan fingerprint density at radius 2 is 1.71 bits per heavy atom. The van der Waals surface area contributed by atoms with E-state index in [1.807, 2.05) is 0 Å². The van der Waals surface area contributed by atoms with Crippen molar-refractivity contribution in [3.8, 4) is 0 Å². The van der Waals surface area contributed by atoms with Crippen molar-refractivity contribution in [1.29, 1.82) is 0 Å². The lowest BCUT2D eigenvalue weighted by Crippen LogP contribution is -2.49. The molecule has 0 amide bonds. The van der Waals surface area contributed by atoms with Crippen molar-refractivity contribution in [2.24, 2.45) is 5.41 Å². The van der Waals surface area contributed by atoms with Crippen LogP contribution in [0.1, 0.15) is 40.5 Å². The smallest absolute Gasteiger partial charge is 0.211 e. The Morgan fingerprint density at radius 1 is 1.24 bits per heavy atom. The molecule has 0 saturated carbocycles. The average Bonchev–Trinajstić information content (AvgIpc) is 2.15. The van der Waals surface area contributed by atoms with Gasteiger partial charge in [-0.15, -0.1) is 0 Å². The number of hydrogen-bond donors (Lipinski definition) is 1. The molecule has 1 N–H and O–H groups in total. The molecule has 1 rings (SSSR count). The minimum absolute atomic E-state index is 0.244. The number of nitrogens with one attached hydrogen (secondary N) is 1. The molecule has 0 bridgehead atoms. The van der Waals surface area contributed by atoms with Gasteiger partial charge in [-0.3, -0.25) is 0 Å². The van der Waals surface area contributed by atoms with Gasteiger partial charge in [0.05, 0.1) is 6.26 Å². The van der Waals surface area contributed by atoms with Crippen molar-refractivity contribution in [2.45, 2.75) is 52.6 Å². The van der Waals surface area contributed by atoms with Crippen molar-refractivity contribution in [3.05, 3.63) is 0 Å². The lowest BCUT2D eigenvalue weighted by molar-refractivity contribution is 0.219. The molecule has 1 aliphatic rings. The minimum Gasteiger partial charge on any atom is -0.311 e. The van der Waals surface area contributed by atoms with Crippen LogP contribution >= 0.6 is 0 Å². The Morgan fingerprint density at radius 3 is 2.06 bits per heavy atom. The molecule has 17 heavy (non-hydrogen) atoms. The van der Waals surface area contributed by atoms with E-state index >= 15 is 0 Å². The van der Waals surface area contributed by atoms with Gasteiger partial charge in [-0.25, -0.2) is 12.7 Å². The summed E-state index contributed by atoms with van der Waals surface area (Å²) in [7, 11) is -3.00. The number of rotatable bonds is 3. The van der Waals surface area contributed by atoms with Gasteiger partial charge in [0.25, 0.3) is 0 Å². The van der Waals surface area contributed by atoms with E-state index in [1.165, 1.54) is 6.26 Å². The summed E-state index contributed by atoms with van der Waals surface area (Å²) in [5.74, 6) is 0. The average molecular weight is 262 g/mol. The first-order chi connectivity index (χ1) is 7.60. The van der Waals surface area contributed by atoms with Gasteiger partial charge in [-0.05, 0) is 25.2 Å². The van der Waals surface area contributed by atoms with Gasteiger partial charge in [0, 0.05) is 25.2 Å². The Kier molecular flexibility index (Phi) is 4.60. The fourth-order valence-corrected chi connectivity index (χ4v) is 2.83. The monoisotopic (exact) mass is 262 g/mol. The maximum Gasteiger partial charge on any atom is 0.211 e. The fraction of sp³-hybridized carbons (Fsp3) is 1.00. The van der Waals surface area contributed by atoms with Crippen LogP contribution in [0.3, 0.4) is 0 Å². The van der Waals surface area contributed by atoms with E-state index in [9.17, 15) is 8.42 Å². The number of sulfonamides is 1. The molecule has 1 unspecified atom stereocenters. The molecule has 5 heteroatoms. The second-order valence-electron chi connectivity index (χ2n) is 6.19. The van der Waals surface area contributed by atoms with Gasteiger partial charge in [0.2, 0.25) is 10.0 Å². The molecule has 4 nitrogen and oxygen atoms in total. The predicted molar refractivity (Wildman–Crippen MR) is 71.5 cm³/mol. The summed E-state index contributed by atoms with van der Waals surface area (Å²) in [6.07, 6.45) is 3.11. The van der Waals surface area contributed by atoms with Crippen molar-refractivity contribution in [1.82, 2.24) is 9.62 Å². The number of hydrogen-bond acceptors (Lipinski definition) is 3. The summed E-state index contributed by atoms with van der Waals surface area (Å²) < 4.78 is 24.3. The van der Waals surface area contributed by atoms with E-state index in [1.54, 1.807) is 4.31 Å². The Balaban J connectivity index is 2.43. The maximum absolute atomic E-state index is 11.4. The molecule has 1 atom stereocenters. The first kappa shape index (κ1) is 14.9. The molecule has 1 aliphatic heterocycles. The summed E-state index contributed by atoms with van der Waals surface area (Å²) in [6, 6.07) is 0.888. The van der Waals surface area contributed by atoms with Gasteiger partial charge in [0.15, 0.2) is 0 Å². The van der Waals surface area contributed by atoms with Crippen LogP contribution in [0, 0.1) is 5.41 Å². The Bertz CT molecular complexity index is 338. The molecule has 102 valence electrons. The normalized spacial score (nSPS) is 22.6. The van der Waals surface area contributed by atoms with Gasteiger partial charge < -0.3 is 5.32 Å². The highest BCUT2D eigenvalue weighted by atomic mass is 32.2. The topological polar surface area (TPSA) is 49.4 Å². The zero-order chi connectivity index (χ0) is 13.3. The van der Waals surface area contributed by atoms with E-state index in [2.05, 4.69) is 33.0 Å². The lowest BCUT2D eigenvalue weighted by atomic mass is 9.87. The van der Waals surface area contributed by atoms with Crippen LogP contribution in [-0.4, -0.2) is 44.2 Å². The van der Waals surface area contributed by atoms with Gasteiger partial charge in [-0.1, -0.05) is 20.8 Å². The Hall–Kier alpha value is -0.130. The van der Waals surface area contributed by atoms with Crippen LogP contribution in [0.15, 0.2) is 0 Å². The van der Waals surface area contributed by atoms with Crippen LogP contribution in [0.25, 0.3) is 0 Å². The van der Waals surface area contributed by atoms with Crippen molar-refractivity contribution in [3.63, 3.8) is 0 Å². The molecule has 0 radical (unpaired) electrons. The van der Waals surface area contributed by atoms with E-state index in [4.69, 9.17) is 0 Å². The predicted octanol–water partition coefficient (Wildman–Crippen LogP) is 1.43. The van der Waals surface area contributed by atoms with Crippen LogP contribution in [0.4, 0.5) is 0 Å². The maximum atomic E-state index is 11.4. The SMILES string of the molecule is CC(NC1CCN(S(C)(=O)=O)CC1)C(C)(C)C. The first-order valence-corrected chi connectivity index (χ1v) is 8.16. The standard InChI is InChI=1S/C12H26N2O2S/c1-10(12(2,3)4)13-11-6-8-14(9-7-11)17(5,15)16/h10-11,13H,6-9H2,1-5H3. The second-order valence-corrected chi connectivity index (χ2v) is 8.17. The largest absolute Gasteiger partial charge is 0.311 e. The number of nitrogens with zero attached hydrogens (tertiary/aromatic N) is 1. The van der Waals surface area contributed by atoms with E-state index < -0.39 is 10.0 Å². The molecular weight excluding hydrogens is 236 g/mol. The molecule has 0 aromatic rings. The molecule has 0 aromatic heterocycles. The first-order valence-electron chi connectivity index (χ1n) is 6.32. The minimum atomic E-state index is -3.00. The van der Waals surface area contributed by atoms with Gasteiger partial charge in [-0.2, -0.15) is 0 Å². The second kappa shape index (κ2) is 5.24. The summed E-state index contributed by atoms with van der Waals surface area (Å²) in [6.45, 7) is 10.1. The molecule has 1 saturated heterocycles. The summed E-state index contributed by atoms with van der Waals surface area (Å²) >= 11 is 0. The van der Waals surface area contributed by atoms with Gasteiger partial charge in [0.1, 0.15) is 0 Å². The quantitative estimate of drug-likeness (QED) is 0.837. The highest BCUT2D eigenvalue weighted by molar-refractivity contribution is 7.88. The molecule has 1 heterocycles. The zero-order valence-corrected chi connectivity index (χ0v) is 12.5. The zero-order valence-electron chi connectivity index (χ0n) is 11.7. The van der Waals surface area contributed by atoms with E-state index in [-0.39, 0.29) is 5.41 Å². The van der Waals surface area contributed by atoms with E-state index in [0.717, 1.165) is 12.8 Å². The highest BCUT2D eigenvalue weighted by Gasteiger charge is 2.28. The molecule has 1 fully saturated rings. The lowest BCUT2D eigenvalue weighted by Gasteiger charge is -2.36. The van der Waals surface area contributed by atoms with Crippen LogP contribution < -0.4 is 5.32 Å². The van der Waals surface area contributed by atoms with Crippen molar-refractivity contribution >= 4 is 10.0 Å². The molecular formula is C12H26N2O2S. The highest BCUT2D eigenvalue weighted by Crippen LogP contribution is 2.21. The summed E-state index contributed by atoms with van der Waals surface area (Å²) in [4.78, 5) is 0. The summed E-state index contributed by atoms with van der Waals surface area (Å²) in [5, 5.41) is 3.61. The van der Waals surface area contributed by atoms with Crippen molar-refractivity contribution < 1.29 is 8.42 Å². The Labute approximate surface area is 106 Å². The van der Waals surface area contributed by atoms with Crippen LogP contribution in [0.5, 0.6) is 0 Å².